The van der Waals surface area contributed by atoms with Crippen LogP contribution in [0.5, 0.6) is 0 Å². The topological polar surface area (TPSA) is 63.6 Å². The maximum absolute atomic E-state index is 12.2. The Kier molecular flexibility index (Phi) is 4.05. The number of aliphatic hydroxyl groups excluding tert-OH is 1. The van der Waals surface area contributed by atoms with E-state index in [2.05, 4.69) is 13.0 Å². The Morgan fingerprint density at radius 3 is 2.60 bits per heavy atom. The van der Waals surface area contributed by atoms with Gasteiger partial charge in [0.15, 0.2) is 0 Å². The number of carbonyl (C=O) groups excluding carboxylic acids is 2. The molecule has 4 heteroatoms. The highest BCUT2D eigenvalue weighted by Gasteiger charge is 2.55. The van der Waals surface area contributed by atoms with Crippen LogP contribution in [-0.2, 0) is 14.3 Å². The van der Waals surface area contributed by atoms with Crippen LogP contribution >= 0.6 is 0 Å². The summed E-state index contributed by atoms with van der Waals surface area (Å²) in [5.41, 5.74) is 0.543. The smallest absolute Gasteiger partial charge is 0.302 e. The molecule has 0 bridgehead atoms. The number of esters is 1. The van der Waals surface area contributed by atoms with Crippen molar-refractivity contribution in [1.29, 1.82) is 0 Å². The van der Waals surface area contributed by atoms with Crippen LogP contribution in [0, 0.1) is 17.3 Å². The fraction of sp³-hybridized carbons (Fsp3) is 0.750. The molecule has 0 amide bonds. The number of hydrogen-bond acceptors (Lipinski definition) is 4. The van der Waals surface area contributed by atoms with E-state index in [1.807, 2.05) is 6.92 Å². The molecule has 2 aliphatic rings. The average molecular weight is 280 g/mol. The van der Waals surface area contributed by atoms with Crippen LogP contribution in [-0.4, -0.2) is 29.1 Å². The molecule has 0 aromatic rings. The van der Waals surface area contributed by atoms with Gasteiger partial charge < -0.3 is 9.84 Å². The first kappa shape index (κ1) is 15.2. The van der Waals surface area contributed by atoms with Crippen molar-refractivity contribution in [2.45, 2.75) is 59.2 Å². The highest BCUT2D eigenvalue weighted by Crippen LogP contribution is 2.54. The molecule has 0 aromatic heterocycles. The maximum atomic E-state index is 12.2. The van der Waals surface area contributed by atoms with Crippen LogP contribution in [0.2, 0.25) is 0 Å². The van der Waals surface area contributed by atoms with Crippen LogP contribution < -0.4 is 0 Å². The lowest BCUT2D eigenvalue weighted by molar-refractivity contribution is -0.162. The number of aliphatic hydroxyl groups is 1. The number of allylic oxidation sites excluding steroid dienone is 1. The zero-order valence-electron chi connectivity index (χ0n) is 12.7. The monoisotopic (exact) mass is 280 g/mol. The van der Waals surface area contributed by atoms with Gasteiger partial charge in [0.2, 0.25) is 0 Å². The Labute approximate surface area is 120 Å². The van der Waals surface area contributed by atoms with Crippen LogP contribution in [0.4, 0.5) is 0 Å². The fourth-order valence-electron chi connectivity index (χ4n) is 4.16. The molecule has 2 rings (SSSR count). The van der Waals surface area contributed by atoms with E-state index in [0.717, 1.165) is 18.4 Å². The molecule has 20 heavy (non-hydrogen) atoms. The fourth-order valence-corrected chi connectivity index (χ4v) is 4.16. The molecule has 4 nitrogen and oxygen atoms in total. The zero-order chi connectivity index (χ0) is 15.1. The van der Waals surface area contributed by atoms with Gasteiger partial charge in [0.05, 0.1) is 12.0 Å². The second-order valence-corrected chi connectivity index (χ2v) is 6.41. The van der Waals surface area contributed by atoms with Gasteiger partial charge in [0.1, 0.15) is 11.9 Å². The second kappa shape index (κ2) is 5.32. The van der Waals surface area contributed by atoms with E-state index in [1.54, 1.807) is 6.92 Å². The lowest BCUT2D eigenvalue weighted by atomic mass is 9.53. The standard InChI is InChI=1S/C16H24O4/c1-9-6-5-7-12-13(19)8-14(20-11(3)18)15(10(2)17)16(9,12)4/h7,9,13-15,19H,5-6,8H2,1-4H3/t9-,13-,14-,15+,16+/m0/s1. The Morgan fingerprint density at radius 2 is 2.05 bits per heavy atom. The summed E-state index contributed by atoms with van der Waals surface area (Å²) in [5.74, 6) is -0.445. The van der Waals surface area contributed by atoms with Crippen molar-refractivity contribution in [1.82, 2.24) is 0 Å². The first-order valence-electron chi connectivity index (χ1n) is 7.34. The molecule has 0 unspecified atom stereocenters. The van der Waals surface area contributed by atoms with Crippen molar-refractivity contribution in [2.75, 3.05) is 0 Å². The molecule has 5 atom stereocenters. The summed E-state index contributed by atoms with van der Waals surface area (Å²) in [4.78, 5) is 23.5. The van der Waals surface area contributed by atoms with E-state index in [0.29, 0.717) is 6.42 Å². The third-order valence-corrected chi connectivity index (χ3v) is 5.20. The van der Waals surface area contributed by atoms with Crippen LogP contribution in [0.25, 0.3) is 0 Å². The number of ketones is 1. The van der Waals surface area contributed by atoms with Gasteiger partial charge in [-0.05, 0) is 31.3 Å². The maximum Gasteiger partial charge on any atom is 0.302 e. The van der Waals surface area contributed by atoms with Gasteiger partial charge in [-0.1, -0.05) is 19.9 Å². The highest BCUT2D eigenvalue weighted by molar-refractivity contribution is 5.81. The lowest BCUT2D eigenvalue weighted by Gasteiger charge is -2.53. The van der Waals surface area contributed by atoms with Crippen LogP contribution in [0.15, 0.2) is 11.6 Å². The molecule has 0 spiro atoms. The van der Waals surface area contributed by atoms with E-state index in [-0.39, 0.29) is 17.6 Å². The number of ether oxygens (including phenoxy) is 1. The summed E-state index contributed by atoms with van der Waals surface area (Å²) in [6.45, 7) is 7.06. The molecule has 1 saturated carbocycles. The number of Topliss-reactive ketones (excluding diaryl/α,β-unsaturated/α-hetero) is 1. The Morgan fingerprint density at radius 1 is 1.40 bits per heavy atom. The number of rotatable bonds is 2. The summed E-state index contributed by atoms with van der Waals surface area (Å²) >= 11 is 0. The van der Waals surface area contributed by atoms with Gasteiger partial charge in [0.25, 0.3) is 0 Å². The van der Waals surface area contributed by atoms with Crippen molar-refractivity contribution >= 4 is 11.8 Å². The van der Waals surface area contributed by atoms with Gasteiger partial charge in [-0.15, -0.1) is 0 Å². The summed E-state index contributed by atoms with van der Waals surface area (Å²) in [6, 6.07) is 0. The largest absolute Gasteiger partial charge is 0.462 e. The Balaban J connectivity index is 2.47. The van der Waals surface area contributed by atoms with E-state index in [9.17, 15) is 14.7 Å². The van der Waals surface area contributed by atoms with Gasteiger partial charge >= 0.3 is 5.97 Å². The minimum atomic E-state index is -0.623. The van der Waals surface area contributed by atoms with E-state index in [4.69, 9.17) is 4.74 Å². The van der Waals surface area contributed by atoms with Crippen molar-refractivity contribution < 1.29 is 19.4 Å². The third kappa shape index (κ3) is 2.30. The molecule has 0 saturated heterocycles. The second-order valence-electron chi connectivity index (χ2n) is 6.41. The summed E-state index contributed by atoms with van der Waals surface area (Å²) in [7, 11) is 0. The molecule has 0 aliphatic heterocycles. The molecule has 0 aromatic carbocycles. The predicted molar refractivity (Wildman–Crippen MR) is 74.9 cm³/mol. The molecule has 0 radical (unpaired) electrons. The number of fused-ring (bicyclic) bond motifs is 1. The Hall–Kier alpha value is -1.16. The van der Waals surface area contributed by atoms with Crippen LogP contribution in [0.3, 0.4) is 0 Å². The molecule has 1 N–H and O–H groups in total. The molecule has 2 aliphatic carbocycles. The Bertz CT molecular complexity index is 453. The number of hydrogen-bond donors (Lipinski definition) is 1. The zero-order valence-corrected chi connectivity index (χ0v) is 12.7. The third-order valence-electron chi connectivity index (χ3n) is 5.20. The quantitative estimate of drug-likeness (QED) is 0.622. The minimum absolute atomic E-state index is 0.0327. The van der Waals surface area contributed by atoms with Crippen molar-refractivity contribution in [3.8, 4) is 0 Å². The molecule has 0 heterocycles. The van der Waals surface area contributed by atoms with Crippen molar-refractivity contribution in [2.24, 2.45) is 17.3 Å². The highest BCUT2D eigenvalue weighted by atomic mass is 16.5. The SMILES string of the molecule is CC(=O)O[C@H]1C[C@H](O)C2=CCC[C@H](C)[C@@]2(C)[C@@H]1C(C)=O. The van der Waals surface area contributed by atoms with Crippen molar-refractivity contribution in [3.05, 3.63) is 11.6 Å². The normalized spacial score (nSPS) is 40.5. The summed E-state index contributed by atoms with van der Waals surface area (Å²) in [5, 5.41) is 10.4. The van der Waals surface area contributed by atoms with Gasteiger partial charge in [-0.25, -0.2) is 0 Å². The predicted octanol–water partition coefficient (Wildman–Crippen LogP) is 2.25. The van der Waals surface area contributed by atoms with Gasteiger partial charge in [0, 0.05) is 18.8 Å². The van der Waals surface area contributed by atoms with Gasteiger partial charge in [-0.2, -0.15) is 0 Å². The van der Waals surface area contributed by atoms with E-state index < -0.39 is 23.6 Å². The molecular formula is C16H24O4. The molecule has 112 valence electrons. The molecule has 1 fully saturated rings. The summed E-state index contributed by atoms with van der Waals surface area (Å²) < 4.78 is 5.35. The van der Waals surface area contributed by atoms with Gasteiger partial charge in [-0.3, -0.25) is 9.59 Å². The van der Waals surface area contributed by atoms with Crippen LogP contribution in [0.1, 0.15) is 47.0 Å². The first-order chi connectivity index (χ1) is 9.28. The lowest BCUT2D eigenvalue weighted by Crippen LogP contribution is -2.55. The van der Waals surface area contributed by atoms with E-state index in [1.165, 1.54) is 6.92 Å². The molecular weight excluding hydrogens is 256 g/mol. The average Bonchev–Trinajstić information content (AvgIpc) is 2.30. The number of carbonyl (C=O) groups is 2. The van der Waals surface area contributed by atoms with Crippen molar-refractivity contribution in [3.63, 3.8) is 0 Å². The minimum Gasteiger partial charge on any atom is -0.462 e. The first-order valence-corrected chi connectivity index (χ1v) is 7.34. The summed E-state index contributed by atoms with van der Waals surface area (Å²) in [6.07, 6.45) is 3.17. The van der Waals surface area contributed by atoms with E-state index >= 15 is 0 Å².